The molecule has 0 N–H and O–H groups in total. The number of ether oxygens (including phenoxy) is 1. The number of aliphatic imine (C=N–C) groups is 1. The van der Waals surface area contributed by atoms with Gasteiger partial charge in [0, 0.05) is 22.2 Å². The Bertz CT molecular complexity index is 862. The number of nitrogens with zero attached hydrogens (tertiary/aromatic N) is 2. The van der Waals surface area contributed by atoms with Gasteiger partial charge in [-0.2, -0.15) is 0 Å². The predicted octanol–water partition coefficient (Wildman–Crippen LogP) is 4.66. The topological polar surface area (TPSA) is 51.5 Å². The summed E-state index contributed by atoms with van der Waals surface area (Å²) in [6.07, 6.45) is 4.87. The molecule has 0 bridgehead atoms. The minimum absolute atomic E-state index is 0.418. The maximum absolute atomic E-state index is 12.0. The third-order valence-electron chi connectivity index (χ3n) is 3.19. The molecule has 4 nitrogen and oxygen atoms in total. The SMILES string of the molecule is O=C(Oc1ccc(C=Nc2ccccc2I)cc1)c1cccnc1. The smallest absolute Gasteiger partial charge is 0.345 e. The number of carbonyl (C=O) groups is 1. The van der Waals surface area contributed by atoms with Gasteiger partial charge in [0.25, 0.3) is 0 Å². The van der Waals surface area contributed by atoms with Crippen molar-refractivity contribution in [2.24, 2.45) is 4.99 Å². The van der Waals surface area contributed by atoms with Crippen LogP contribution in [0.3, 0.4) is 0 Å². The Labute approximate surface area is 153 Å². The van der Waals surface area contributed by atoms with Crippen LogP contribution in [0.4, 0.5) is 5.69 Å². The number of esters is 1. The zero-order valence-corrected chi connectivity index (χ0v) is 14.8. The van der Waals surface area contributed by atoms with Gasteiger partial charge in [0.05, 0.1) is 11.3 Å². The normalized spacial score (nSPS) is 10.7. The zero-order valence-electron chi connectivity index (χ0n) is 12.6. The number of hydrogen-bond donors (Lipinski definition) is 0. The molecule has 0 aliphatic rings. The third-order valence-corrected chi connectivity index (χ3v) is 4.11. The lowest BCUT2D eigenvalue weighted by atomic mass is 10.2. The van der Waals surface area contributed by atoms with Gasteiger partial charge in [-0.1, -0.05) is 12.1 Å². The number of halogens is 1. The summed E-state index contributed by atoms with van der Waals surface area (Å²) < 4.78 is 6.40. The molecular formula is C19H13IN2O2. The molecule has 0 aliphatic heterocycles. The summed E-state index contributed by atoms with van der Waals surface area (Å²) in [6, 6.07) is 18.4. The van der Waals surface area contributed by atoms with Crippen LogP contribution >= 0.6 is 22.6 Å². The Morgan fingerprint density at radius 3 is 2.54 bits per heavy atom. The fourth-order valence-electron chi connectivity index (χ4n) is 1.97. The van der Waals surface area contributed by atoms with E-state index in [4.69, 9.17) is 4.74 Å². The Kier molecular flexibility index (Phi) is 5.32. The standard InChI is InChI=1S/C19H13IN2O2/c20-17-5-1-2-6-18(17)22-12-14-7-9-16(10-8-14)24-19(23)15-4-3-11-21-13-15/h1-13H. The zero-order chi connectivity index (χ0) is 16.8. The molecule has 5 heteroatoms. The Morgan fingerprint density at radius 2 is 1.83 bits per heavy atom. The molecule has 0 fully saturated rings. The lowest BCUT2D eigenvalue weighted by Gasteiger charge is -2.04. The average molecular weight is 428 g/mol. The molecule has 1 aromatic heterocycles. The highest BCUT2D eigenvalue weighted by molar-refractivity contribution is 14.1. The van der Waals surface area contributed by atoms with E-state index in [1.165, 1.54) is 6.20 Å². The van der Waals surface area contributed by atoms with E-state index in [1.54, 1.807) is 36.7 Å². The molecule has 24 heavy (non-hydrogen) atoms. The number of benzene rings is 2. The van der Waals surface area contributed by atoms with Crippen molar-refractivity contribution in [3.8, 4) is 5.75 Å². The van der Waals surface area contributed by atoms with Crippen LogP contribution in [0.25, 0.3) is 0 Å². The van der Waals surface area contributed by atoms with Crippen molar-refractivity contribution in [3.63, 3.8) is 0 Å². The maximum atomic E-state index is 12.0. The second-order valence-corrected chi connectivity index (χ2v) is 6.07. The maximum Gasteiger partial charge on any atom is 0.345 e. The quantitative estimate of drug-likeness (QED) is 0.263. The molecule has 2 aromatic carbocycles. The average Bonchev–Trinajstić information content (AvgIpc) is 2.63. The van der Waals surface area contributed by atoms with E-state index in [0.717, 1.165) is 14.8 Å². The number of para-hydroxylation sites is 1. The van der Waals surface area contributed by atoms with E-state index in [2.05, 4.69) is 32.6 Å². The first-order valence-corrected chi connectivity index (χ1v) is 8.31. The van der Waals surface area contributed by atoms with Crippen molar-refractivity contribution < 1.29 is 9.53 Å². The van der Waals surface area contributed by atoms with Gasteiger partial charge in [-0.3, -0.25) is 9.98 Å². The van der Waals surface area contributed by atoms with E-state index < -0.39 is 5.97 Å². The number of pyridine rings is 1. The van der Waals surface area contributed by atoms with Crippen molar-refractivity contribution in [3.05, 3.63) is 87.8 Å². The van der Waals surface area contributed by atoms with Crippen molar-refractivity contribution >= 4 is 40.5 Å². The van der Waals surface area contributed by atoms with Gasteiger partial charge in [-0.05, 0) is 76.7 Å². The predicted molar refractivity (Wildman–Crippen MR) is 102 cm³/mol. The lowest BCUT2D eigenvalue weighted by molar-refractivity contribution is 0.0734. The van der Waals surface area contributed by atoms with Gasteiger partial charge in [-0.25, -0.2) is 4.79 Å². The molecule has 0 radical (unpaired) electrons. The van der Waals surface area contributed by atoms with Crippen molar-refractivity contribution in [2.75, 3.05) is 0 Å². The summed E-state index contributed by atoms with van der Waals surface area (Å²) in [5.74, 6) is 0.0543. The molecular weight excluding hydrogens is 415 g/mol. The molecule has 0 spiro atoms. The van der Waals surface area contributed by atoms with Crippen LogP contribution in [0.1, 0.15) is 15.9 Å². The van der Waals surface area contributed by atoms with Crippen LogP contribution in [-0.4, -0.2) is 17.2 Å². The lowest BCUT2D eigenvalue weighted by Crippen LogP contribution is -2.08. The van der Waals surface area contributed by atoms with Crippen LogP contribution in [0, 0.1) is 3.57 Å². The molecule has 118 valence electrons. The summed E-state index contributed by atoms with van der Waals surface area (Å²) in [5.41, 5.74) is 2.27. The summed E-state index contributed by atoms with van der Waals surface area (Å²) in [6.45, 7) is 0. The van der Waals surface area contributed by atoms with Crippen LogP contribution < -0.4 is 4.74 Å². The minimum atomic E-state index is -0.427. The van der Waals surface area contributed by atoms with Crippen molar-refractivity contribution in [1.82, 2.24) is 4.98 Å². The molecule has 3 rings (SSSR count). The molecule has 0 saturated carbocycles. The first-order chi connectivity index (χ1) is 11.7. The van der Waals surface area contributed by atoms with Crippen molar-refractivity contribution in [2.45, 2.75) is 0 Å². The number of carbonyl (C=O) groups excluding carboxylic acids is 1. The van der Waals surface area contributed by atoms with E-state index in [9.17, 15) is 4.79 Å². The van der Waals surface area contributed by atoms with Gasteiger partial charge < -0.3 is 4.74 Å². The van der Waals surface area contributed by atoms with Gasteiger partial charge in [-0.15, -0.1) is 0 Å². The third kappa shape index (κ3) is 4.26. The minimum Gasteiger partial charge on any atom is -0.423 e. The first kappa shape index (κ1) is 16.3. The van der Waals surface area contributed by atoms with Gasteiger partial charge >= 0.3 is 5.97 Å². The Morgan fingerprint density at radius 1 is 1.04 bits per heavy atom. The Hall–Kier alpha value is -2.54. The van der Waals surface area contributed by atoms with Crippen LogP contribution in [-0.2, 0) is 0 Å². The summed E-state index contributed by atoms with van der Waals surface area (Å²) in [4.78, 5) is 20.3. The van der Waals surface area contributed by atoms with Gasteiger partial charge in [0.15, 0.2) is 0 Å². The summed E-state index contributed by atoms with van der Waals surface area (Å²) in [5, 5.41) is 0. The summed E-state index contributed by atoms with van der Waals surface area (Å²) >= 11 is 2.25. The summed E-state index contributed by atoms with van der Waals surface area (Å²) in [7, 11) is 0. The molecule has 3 aromatic rings. The van der Waals surface area contributed by atoms with Crippen LogP contribution in [0.15, 0.2) is 78.0 Å². The van der Waals surface area contributed by atoms with Gasteiger partial charge in [0.2, 0.25) is 0 Å². The molecule has 0 unspecified atom stereocenters. The monoisotopic (exact) mass is 428 g/mol. The van der Waals surface area contributed by atoms with E-state index in [-0.39, 0.29) is 0 Å². The molecule has 1 heterocycles. The van der Waals surface area contributed by atoms with Crippen LogP contribution in [0.5, 0.6) is 5.75 Å². The Balaban J connectivity index is 1.67. The fraction of sp³-hybridized carbons (Fsp3) is 0. The second kappa shape index (κ2) is 7.83. The molecule has 0 atom stereocenters. The molecule has 0 aliphatic carbocycles. The second-order valence-electron chi connectivity index (χ2n) is 4.91. The van der Waals surface area contributed by atoms with Crippen LogP contribution in [0.2, 0.25) is 0 Å². The number of rotatable bonds is 4. The molecule has 0 saturated heterocycles. The highest BCUT2D eigenvalue weighted by Crippen LogP contribution is 2.20. The van der Waals surface area contributed by atoms with E-state index >= 15 is 0 Å². The highest BCUT2D eigenvalue weighted by atomic mass is 127. The first-order valence-electron chi connectivity index (χ1n) is 7.23. The highest BCUT2D eigenvalue weighted by Gasteiger charge is 2.07. The van der Waals surface area contributed by atoms with E-state index in [1.807, 2.05) is 36.4 Å². The fourth-order valence-corrected chi connectivity index (χ4v) is 2.50. The van der Waals surface area contributed by atoms with E-state index in [0.29, 0.717) is 11.3 Å². The number of aromatic nitrogens is 1. The van der Waals surface area contributed by atoms with Crippen molar-refractivity contribution in [1.29, 1.82) is 0 Å². The largest absolute Gasteiger partial charge is 0.423 e. The molecule has 0 amide bonds. The number of hydrogen-bond acceptors (Lipinski definition) is 4. The van der Waals surface area contributed by atoms with Gasteiger partial charge in [0.1, 0.15) is 5.75 Å².